The molecule has 2 N–H and O–H groups in total. The summed E-state index contributed by atoms with van der Waals surface area (Å²) in [6.07, 6.45) is 0. The first-order valence-corrected chi connectivity index (χ1v) is 6.34. The van der Waals surface area contributed by atoms with E-state index in [2.05, 4.69) is 10.1 Å². The van der Waals surface area contributed by atoms with E-state index in [0.29, 0.717) is 12.1 Å². The molecule has 21 heavy (non-hydrogen) atoms. The molecule has 0 aromatic heterocycles. The normalized spacial score (nSPS) is 9.95. The van der Waals surface area contributed by atoms with Crippen molar-refractivity contribution in [1.82, 2.24) is 0 Å². The maximum Gasteiger partial charge on any atom is 0.337 e. The van der Waals surface area contributed by atoms with Crippen LogP contribution in [-0.4, -0.2) is 24.2 Å². The zero-order valence-electron chi connectivity index (χ0n) is 11.5. The Bertz CT molecular complexity index is 650. The minimum Gasteiger partial charge on any atom is -0.478 e. The first kappa shape index (κ1) is 14.6. The number of carboxylic acid groups (broad SMARTS) is 1. The lowest BCUT2D eigenvalue weighted by Gasteiger charge is -2.08. The molecule has 0 atom stereocenters. The van der Waals surface area contributed by atoms with Crippen molar-refractivity contribution < 1.29 is 19.4 Å². The Kier molecular flexibility index (Phi) is 4.56. The molecule has 0 aliphatic carbocycles. The quantitative estimate of drug-likeness (QED) is 0.826. The first-order valence-electron chi connectivity index (χ1n) is 6.34. The van der Waals surface area contributed by atoms with Crippen LogP contribution in [0.3, 0.4) is 0 Å². The number of methoxy groups -OCH3 is 1. The number of carboxylic acids is 1. The predicted molar refractivity (Wildman–Crippen MR) is 78.5 cm³/mol. The molecule has 0 amide bonds. The van der Waals surface area contributed by atoms with Crippen molar-refractivity contribution in [2.75, 3.05) is 12.4 Å². The number of hydrogen-bond donors (Lipinski definition) is 2. The molecule has 2 aromatic carbocycles. The van der Waals surface area contributed by atoms with Gasteiger partial charge in [0, 0.05) is 12.2 Å². The molecule has 0 aliphatic rings. The molecule has 2 aromatic rings. The van der Waals surface area contributed by atoms with E-state index in [9.17, 15) is 9.59 Å². The monoisotopic (exact) mass is 285 g/mol. The van der Waals surface area contributed by atoms with Gasteiger partial charge in [0.2, 0.25) is 0 Å². The molecular formula is C16H15NO4. The number of carbonyl (C=O) groups excluding carboxylic acids is 1. The van der Waals surface area contributed by atoms with Crippen molar-refractivity contribution in [1.29, 1.82) is 0 Å². The SMILES string of the molecule is COC(=O)c1cccc(NCc2ccc(C(=O)O)cc2)c1. The number of aromatic carboxylic acids is 1. The minimum absolute atomic E-state index is 0.256. The van der Waals surface area contributed by atoms with Crippen LogP contribution in [0.2, 0.25) is 0 Å². The lowest BCUT2D eigenvalue weighted by atomic mass is 10.1. The molecule has 0 bridgehead atoms. The second kappa shape index (κ2) is 6.56. The van der Waals surface area contributed by atoms with Gasteiger partial charge < -0.3 is 15.2 Å². The van der Waals surface area contributed by atoms with E-state index in [4.69, 9.17) is 5.11 Å². The highest BCUT2D eigenvalue weighted by molar-refractivity contribution is 5.90. The van der Waals surface area contributed by atoms with Gasteiger partial charge in [-0.2, -0.15) is 0 Å². The summed E-state index contributed by atoms with van der Waals surface area (Å²) < 4.78 is 4.67. The third-order valence-corrected chi connectivity index (χ3v) is 2.98. The summed E-state index contributed by atoms with van der Waals surface area (Å²) >= 11 is 0. The molecule has 0 radical (unpaired) electrons. The summed E-state index contributed by atoms with van der Waals surface area (Å²) in [5.74, 6) is -1.33. The Morgan fingerprint density at radius 3 is 2.43 bits per heavy atom. The average molecular weight is 285 g/mol. The van der Waals surface area contributed by atoms with Crippen LogP contribution < -0.4 is 5.32 Å². The van der Waals surface area contributed by atoms with Crippen molar-refractivity contribution in [3.05, 3.63) is 65.2 Å². The van der Waals surface area contributed by atoms with Crippen LogP contribution in [0.5, 0.6) is 0 Å². The molecule has 0 spiro atoms. The molecular weight excluding hydrogens is 270 g/mol. The Morgan fingerprint density at radius 2 is 1.81 bits per heavy atom. The standard InChI is InChI=1S/C16H15NO4/c1-21-16(20)13-3-2-4-14(9-13)17-10-11-5-7-12(8-6-11)15(18)19/h2-9,17H,10H2,1H3,(H,18,19). The van der Waals surface area contributed by atoms with Crippen molar-refractivity contribution >= 4 is 17.6 Å². The molecule has 5 nitrogen and oxygen atoms in total. The molecule has 5 heteroatoms. The van der Waals surface area contributed by atoms with Gasteiger partial charge in [0.05, 0.1) is 18.2 Å². The number of rotatable bonds is 5. The molecule has 0 heterocycles. The van der Waals surface area contributed by atoms with Crippen LogP contribution in [0.25, 0.3) is 0 Å². The van der Waals surface area contributed by atoms with Crippen molar-refractivity contribution in [2.45, 2.75) is 6.54 Å². The number of hydrogen-bond acceptors (Lipinski definition) is 4. The van der Waals surface area contributed by atoms with Crippen LogP contribution in [-0.2, 0) is 11.3 Å². The Morgan fingerprint density at radius 1 is 1.10 bits per heavy atom. The molecule has 0 aliphatic heterocycles. The third kappa shape index (κ3) is 3.82. The molecule has 0 unspecified atom stereocenters. The molecule has 108 valence electrons. The molecule has 0 saturated carbocycles. The fraction of sp³-hybridized carbons (Fsp3) is 0.125. The van der Waals surface area contributed by atoms with Crippen LogP contribution in [0.1, 0.15) is 26.3 Å². The number of benzene rings is 2. The maximum atomic E-state index is 11.4. The van der Waals surface area contributed by atoms with Gasteiger partial charge in [-0.25, -0.2) is 9.59 Å². The smallest absolute Gasteiger partial charge is 0.337 e. The highest BCUT2D eigenvalue weighted by atomic mass is 16.5. The zero-order valence-corrected chi connectivity index (χ0v) is 11.5. The number of esters is 1. The fourth-order valence-corrected chi connectivity index (χ4v) is 1.84. The summed E-state index contributed by atoms with van der Waals surface area (Å²) in [6, 6.07) is 13.6. The van der Waals surface area contributed by atoms with Crippen LogP contribution in [0.15, 0.2) is 48.5 Å². The third-order valence-electron chi connectivity index (χ3n) is 2.98. The second-order valence-electron chi connectivity index (χ2n) is 4.43. The lowest BCUT2D eigenvalue weighted by molar-refractivity contribution is 0.0600. The van der Waals surface area contributed by atoms with Gasteiger partial charge in [0.25, 0.3) is 0 Å². The van der Waals surface area contributed by atoms with Gasteiger partial charge in [-0.3, -0.25) is 0 Å². The number of ether oxygens (including phenoxy) is 1. The van der Waals surface area contributed by atoms with E-state index in [1.807, 2.05) is 6.07 Å². The number of carbonyl (C=O) groups is 2. The lowest BCUT2D eigenvalue weighted by Crippen LogP contribution is -2.04. The number of anilines is 1. The summed E-state index contributed by atoms with van der Waals surface area (Å²) in [4.78, 5) is 22.2. The van der Waals surface area contributed by atoms with Crippen molar-refractivity contribution in [2.24, 2.45) is 0 Å². The Hall–Kier alpha value is -2.82. The van der Waals surface area contributed by atoms with E-state index in [0.717, 1.165) is 11.3 Å². The minimum atomic E-state index is -0.944. The predicted octanol–water partition coefficient (Wildman–Crippen LogP) is 2.78. The summed E-state index contributed by atoms with van der Waals surface area (Å²) in [7, 11) is 1.34. The van der Waals surface area contributed by atoms with Gasteiger partial charge in [-0.1, -0.05) is 18.2 Å². The summed E-state index contributed by atoms with van der Waals surface area (Å²) in [5, 5.41) is 12.0. The topological polar surface area (TPSA) is 75.6 Å². The molecule has 2 rings (SSSR count). The van der Waals surface area contributed by atoms with Crippen LogP contribution in [0.4, 0.5) is 5.69 Å². The maximum absolute atomic E-state index is 11.4. The van der Waals surface area contributed by atoms with E-state index in [1.54, 1.807) is 42.5 Å². The van der Waals surface area contributed by atoms with Crippen LogP contribution >= 0.6 is 0 Å². The van der Waals surface area contributed by atoms with E-state index < -0.39 is 5.97 Å². The first-order chi connectivity index (χ1) is 10.1. The van der Waals surface area contributed by atoms with Gasteiger partial charge >= 0.3 is 11.9 Å². The molecule has 0 saturated heterocycles. The van der Waals surface area contributed by atoms with E-state index in [-0.39, 0.29) is 11.5 Å². The highest BCUT2D eigenvalue weighted by Gasteiger charge is 2.05. The summed E-state index contributed by atoms with van der Waals surface area (Å²) in [6.45, 7) is 0.532. The van der Waals surface area contributed by atoms with Gasteiger partial charge in [0.1, 0.15) is 0 Å². The fourth-order valence-electron chi connectivity index (χ4n) is 1.84. The largest absolute Gasteiger partial charge is 0.478 e. The second-order valence-corrected chi connectivity index (χ2v) is 4.43. The van der Waals surface area contributed by atoms with E-state index in [1.165, 1.54) is 7.11 Å². The average Bonchev–Trinajstić information content (AvgIpc) is 2.52. The van der Waals surface area contributed by atoms with Crippen molar-refractivity contribution in [3.63, 3.8) is 0 Å². The van der Waals surface area contributed by atoms with Gasteiger partial charge in [-0.05, 0) is 35.9 Å². The van der Waals surface area contributed by atoms with Crippen LogP contribution in [0, 0.1) is 0 Å². The number of nitrogens with one attached hydrogen (secondary N) is 1. The molecule has 0 fully saturated rings. The Labute approximate surface area is 122 Å². The van der Waals surface area contributed by atoms with Crippen molar-refractivity contribution in [3.8, 4) is 0 Å². The Balaban J connectivity index is 2.02. The zero-order chi connectivity index (χ0) is 15.2. The van der Waals surface area contributed by atoms with Gasteiger partial charge in [-0.15, -0.1) is 0 Å². The van der Waals surface area contributed by atoms with Gasteiger partial charge in [0.15, 0.2) is 0 Å². The summed E-state index contributed by atoms with van der Waals surface area (Å²) in [5.41, 5.74) is 2.47. The highest BCUT2D eigenvalue weighted by Crippen LogP contribution is 2.13. The van der Waals surface area contributed by atoms with E-state index >= 15 is 0 Å².